The molecule has 1 aliphatic heterocycles. The molecule has 0 saturated carbocycles. The Hall–Kier alpha value is -2.54. The molecule has 0 aromatic heterocycles. The largest absolute Gasteiger partial charge is 0.368 e. The van der Waals surface area contributed by atoms with Crippen molar-refractivity contribution in [3.8, 4) is 0 Å². The van der Waals surface area contributed by atoms with Crippen LogP contribution in [0.2, 0.25) is 0 Å². The summed E-state index contributed by atoms with van der Waals surface area (Å²) in [6.07, 6.45) is 2.06. The van der Waals surface area contributed by atoms with Gasteiger partial charge in [-0.1, -0.05) is 24.3 Å². The minimum absolute atomic E-state index is 0.0957. The zero-order valence-electron chi connectivity index (χ0n) is 19.0. The minimum atomic E-state index is -3.40. The fraction of sp³-hybridized carbons (Fsp3) is 0.458. The summed E-state index contributed by atoms with van der Waals surface area (Å²) in [7, 11) is -3.40. The molecule has 1 amide bonds. The molecule has 1 saturated heterocycles. The van der Waals surface area contributed by atoms with E-state index in [2.05, 4.69) is 36.9 Å². The second kappa shape index (κ2) is 9.73. The van der Waals surface area contributed by atoms with Crippen LogP contribution in [0.4, 0.5) is 11.4 Å². The summed E-state index contributed by atoms with van der Waals surface area (Å²) in [6.45, 7) is 9.52. The van der Waals surface area contributed by atoms with Crippen LogP contribution in [0.3, 0.4) is 0 Å². The van der Waals surface area contributed by atoms with Crippen molar-refractivity contribution in [3.63, 3.8) is 0 Å². The third-order valence-corrected chi connectivity index (χ3v) is 7.18. The molecule has 7 heteroatoms. The van der Waals surface area contributed by atoms with Crippen LogP contribution in [-0.4, -0.2) is 58.2 Å². The Morgan fingerprint density at radius 3 is 2.32 bits per heavy atom. The quantitative estimate of drug-likeness (QED) is 0.657. The van der Waals surface area contributed by atoms with Gasteiger partial charge in [0.05, 0.1) is 11.9 Å². The normalized spacial score (nSPS) is 14.6. The predicted octanol–water partition coefficient (Wildman–Crippen LogP) is 3.51. The van der Waals surface area contributed by atoms with Gasteiger partial charge in [-0.05, 0) is 62.1 Å². The molecule has 31 heavy (non-hydrogen) atoms. The maximum Gasteiger partial charge on any atom is 0.232 e. The first-order chi connectivity index (χ1) is 14.7. The number of benzene rings is 2. The zero-order valence-corrected chi connectivity index (χ0v) is 19.8. The topological polar surface area (TPSA) is 60.9 Å². The molecule has 0 radical (unpaired) electrons. The summed E-state index contributed by atoms with van der Waals surface area (Å²) in [5.74, 6) is 0.0957. The minimum Gasteiger partial charge on any atom is -0.368 e. The third kappa shape index (κ3) is 5.79. The summed E-state index contributed by atoms with van der Waals surface area (Å²) < 4.78 is 25.9. The highest BCUT2D eigenvalue weighted by Crippen LogP contribution is 2.24. The number of amides is 1. The average Bonchev–Trinajstić information content (AvgIpc) is 2.72. The van der Waals surface area contributed by atoms with Crippen LogP contribution in [0.1, 0.15) is 29.5 Å². The number of hydrogen-bond donors (Lipinski definition) is 0. The lowest BCUT2D eigenvalue weighted by atomic mass is 10.1. The van der Waals surface area contributed by atoms with Gasteiger partial charge in [0, 0.05) is 44.8 Å². The van der Waals surface area contributed by atoms with Gasteiger partial charge in [0.15, 0.2) is 0 Å². The number of nitrogens with zero attached hydrogens (tertiary/aromatic N) is 3. The SMILES string of the molecule is Cc1cccc(N(CCCC(=O)N2CCN(c3cccc(C)c3C)CC2)S(C)(=O)=O)c1. The van der Waals surface area contributed by atoms with Crippen LogP contribution >= 0.6 is 0 Å². The molecule has 1 fully saturated rings. The molecule has 1 aliphatic rings. The van der Waals surface area contributed by atoms with Gasteiger partial charge in [0.1, 0.15) is 0 Å². The highest BCUT2D eigenvalue weighted by Gasteiger charge is 2.23. The van der Waals surface area contributed by atoms with E-state index >= 15 is 0 Å². The fourth-order valence-electron chi connectivity index (χ4n) is 4.08. The van der Waals surface area contributed by atoms with E-state index in [1.54, 1.807) is 6.07 Å². The summed E-state index contributed by atoms with van der Waals surface area (Å²) in [6, 6.07) is 13.8. The number of aryl methyl sites for hydroxylation is 2. The molecule has 168 valence electrons. The molecule has 0 unspecified atom stereocenters. The van der Waals surface area contributed by atoms with Crippen LogP contribution in [0.15, 0.2) is 42.5 Å². The van der Waals surface area contributed by atoms with Crippen LogP contribution in [0.25, 0.3) is 0 Å². The first kappa shape index (κ1) is 23.1. The van der Waals surface area contributed by atoms with E-state index in [1.165, 1.54) is 27.4 Å². The van der Waals surface area contributed by atoms with E-state index < -0.39 is 10.0 Å². The van der Waals surface area contributed by atoms with E-state index in [9.17, 15) is 13.2 Å². The van der Waals surface area contributed by atoms with Crippen LogP contribution in [0.5, 0.6) is 0 Å². The predicted molar refractivity (Wildman–Crippen MR) is 127 cm³/mol. The maximum absolute atomic E-state index is 12.7. The van der Waals surface area contributed by atoms with Gasteiger partial charge >= 0.3 is 0 Å². The molecular weight excluding hydrogens is 410 g/mol. The Morgan fingerprint density at radius 2 is 1.68 bits per heavy atom. The van der Waals surface area contributed by atoms with Crippen LogP contribution in [0, 0.1) is 20.8 Å². The van der Waals surface area contributed by atoms with Gasteiger partial charge in [-0.25, -0.2) is 8.42 Å². The first-order valence-corrected chi connectivity index (χ1v) is 12.6. The van der Waals surface area contributed by atoms with Crippen molar-refractivity contribution >= 4 is 27.3 Å². The maximum atomic E-state index is 12.7. The molecule has 0 spiro atoms. The first-order valence-electron chi connectivity index (χ1n) is 10.8. The molecule has 0 atom stereocenters. The lowest BCUT2D eigenvalue weighted by Gasteiger charge is -2.37. The standard InChI is InChI=1S/C24H33N3O3S/c1-19-8-5-10-22(18-19)27(31(4,29)30)13-7-12-24(28)26-16-14-25(15-17-26)23-11-6-9-20(2)21(23)3/h5-6,8-11,18H,7,12-17H2,1-4H3. The molecule has 2 aromatic carbocycles. The van der Waals surface area contributed by atoms with E-state index in [0.717, 1.165) is 18.7 Å². The molecule has 2 aromatic rings. The van der Waals surface area contributed by atoms with Gasteiger partial charge < -0.3 is 9.80 Å². The van der Waals surface area contributed by atoms with Crippen molar-refractivity contribution < 1.29 is 13.2 Å². The van der Waals surface area contributed by atoms with Crippen molar-refractivity contribution in [1.29, 1.82) is 0 Å². The Balaban J connectivity index is 1.53. The van der Waals surface area contributed by atoms with Gasteiger partial charge in [-0.15, -0.1) is 0 Å². The summed E-state index contributed by atoms with van der Waals surface area (Å²) >= 11 is 0. The zero-order chi connectivity index (χ0) is 22.6. The molecule has 1 heterocycles. The van der Waals surface area contributed by atoms with Crippen molar-refractivity contribution in [2.24, 2.45) is 0 Å². The molecule has 6 nitrogen and oxygen atoms in total. The number of carbonyl (C=O) groups is 1. The number of piperazine rings is 1. The number of sulfonamides is 1. The van der Waals surface area contributed by atoms with E-state index in [0.29, 0.717) is 38.2 Å². The molecule has 3 rings (SSSR count). The Bertz CT molecular complexity index is 1030. The Labute approximate surface area is 186 Å². The van der Waals surface area contributed by atoms with Crippen molar-refractivity contribution in [3.05, 3.63) is 59.2 Å². The van der Waals surface area contributed by atoms with Crippen molar-refractivity contribution in [1.82, 2.24) is 4.90 Å². The Kier molecular flexibility index (Phi) is 7.26. The molecule has 0 bridgehead atoms. The highest BCUT2D eigenvalue weighted by atomic mass is 32.2. The fourth-order valence-corrected chi connectivity index (χ4v) is 5.03. The third-order valence-electron chi connectivity index (χ3n) is 5.99. The van der Waals surface area contributed by atoms with E-state index in [-0.39, 0.29) is 5.91 Å². The monoisotopic (exact) mass is 443 g/mol. The molecule has 0 N–H and O–H groups in total. The molecular formula is C24H33N3O3S. The second-order valence-corrected chi connectivity index (χ2v) is 10.3. The molecule has 0 aliphatic carbocycles. The lowest BCUT2D eigenvalue weighted by molar-refractivity contribution is -0.131. The van der Waals surface area contributed by atoms with Gasteiger partial charge in [0.2, 0.25) is 15.9 Å². The van der Waals surface area contributed by atoms with Gasteiger partial charge in [-0.3, -0.25) is 9.10 Å². The average molecular weight is 444 g/mol. The smallest absolute Gasteiger partial charge is 0.232 e. The summed E-state index contributed by atoms with van der Waals surface area (Å²) in [4.78, 5) is 17.0. The lowest BCUT2D eigenvalue weighted by Crippen LogP contribution is -2.49. The Morgan fingerprint density at radius 1 is 1.00 bits per heavy atom. The van der Waals surface area contributed by atoms with Crippen molar-refractivity contribution in [2.75, 3.05) is 48.2 Å². The van der Waals surface area contributed by atoms with E-state index in [1.807, 2.05) is 30.0 Å². The second-order valence-electron chi connectivity index (χ2n) is 8.36. The summed E-state index contributed by atoms with van der Waals surface area (Å²) in [5.41, 5.74) is 5.47. The number of rotatable bonds is 7. The van der Waals surface area contributed by atoms with Crippen molar-refractivity contribution in [2.45, 2.75) is 33.6 Å². The number of carbonyl (C=O) groups excluding carboxylic acids is 1. The van der Waals surface area contributed by atoms with E-state index in [4.69, 9.17) is 0 Å². The number of anilines is 2. The number of hydrogen-bond acceptors (Lipinski definition) is 4. The highest BCUT2D eigenvalue weighted by molar-refractivity contribution is 7.92. The summed E-state index contributed by atoms with van der Waals surface area (Å²) in [5, 5.41) is 0. The van der Waals surface area contributed by atoms with Gasteiger partial charge in [0.25, 0.3) is 0 Å². The van der Waals surface area contributed by atoms with Crippen LogP contribution < -0.4 is 9.21 Å². The van der Waals surface area contributed by atoms with Gasteiger partial charge in [-0.2, -0.15) is 0 Å². The van der Waals surface area contributed by atoms with Crippen LogP contribution in [-0.2, 0) is 14.8 Å².